The fourth-order valence-corrected chi connectivity index (χ4v) is 14.6. The highest BCUT2D eigenvalue weighted by Gasteiger charge is 2.41. The van der Waals surface area contributed by atoms with E-state index >= 15 is 0 Å². The van der Waals surface area contributed by atoms with Gasteiger partial charge in [-0.15, -0.1) is 0 Å². The van der Waals surface area contributed by atoms with Crippen LogP contribution in [0.25, 0.3) is 0 Å². The van der Waals surface area contributed by atoms with Gasteiger partial charge in [0.1, 0.15) is 84.6 Å². The first-order valence-corrected chi connectivity index (χ1v) is 48.4. The van der Waals surface area contributed by atoms with Gasteiger partial charge in [-0.3, -0.25) is 71.9 Å². The van der Waals surface area contributed by atoms with Gasteiger partial charge in [0.25, 0.3) is 0 Å². The number of carbonyl (C=O) groups excluding carboxylic acids is 15. The third-order valence-electron chi connectivity index (χ3n) is 21.5. The number of carboxylic acids is 1. The quantitative estimate of drug-likeness (QED) is 0.0389. The fourth-order valence-electron chi connectivity index (χ4n) is 14.6. The molecule has 42 heteroatoms. The summed E-state index contributed by atoms with van der Waals surface area (Å²) in [6.45, 7) is 35.0. The number of primary amides is 1. The number of alkyl halides is 3. The Balaban J connectivity index is 0. The highest BCUT2D eigenvalue weighted by Crippen LogP contribution is 2.20. The zero-order chi connectivity index (χ0) is 103. The van der Waals surface area contributed by atoms with Crippen LogP contribution in [0.3, 0.4) is 0 Å². The van der Waals surface area contributed by atoms with E-state index in [4.69, 9.17) is 55.8 Å². The molecule has 0 saturated heterocycles. The molecule has 15 amide bonds. The van der Waals surface area contributed by atoms with Gasteiger partial charge in [-0.2, -0.15) is 13.2 Å². The zero-order valence-corrected chi connectivity index (χ0v) is 83.4. The Bertz CT molecular complexity index is 3520. The number of halogens is 3. The number of unbranched alkanes of at least 4 members (excludes halogenated alkanes) is 6. The molecule has 0 spiro atoms. The highest BCUT2D eigenvalue weighted by molar-refractivity contribution is 6.00. The molecule has 0 aliphatic heterocycles. The maximum Gasteiger partial charge on any atom is 0.490 e. The van der Waals surface area contributed by atoms with Crippen molar-refractivity contribution in [3.8, 4) is 0 Å². The maximum atomic E-state index is 14.9. The summed E-state index contributed by atoms with van der Waals surface area (Å²) in [5.74, 6) is -14.6. The number of carbonyl (C=O) groups is 16. The second-order valence-electron chi connectivity index (χ2n) is 39.0. The molecule has 0 heterocycles. The lowest BCUT2D eigenvalue weighted by atomic mass is 9.98. The van der Waals surface area contributed by atoms with Gasteiger partial charge in [0.2, 0.25) is 88.6 Å². The van der Waals surface area contributed by atoms with E-state index in [-0.39, 0.29) is 176 Å². The van der Waals surface area contributed by atoms with Crippen molar-refractivity contribution in [1.29, 1.82) is 0 Å². The van der Waals surface area contributed by atoms with Crippen molar-refractivity contribution in [3.63, 3.8) is 0 Å². The zero-order valence-electron chi connectivity index (χ0n) is 83.4. The lowest BCUT2D eigenvalue weighted by Gasteiger charge is -2.30. The van der Waals surface area contributed by atoms with Crippen LogP contribution in [-0.2, 0) is 76.7 Å². The Kier molecular flexibility index (Phi) is 66.2. The van der Waals surface area contributed by atoms with Crippen LogP contribution in [-0.4, -0.2) is 236 Å². The molecular weight excluding hydrogens is 1740 g/mol. The number of amides is 15. The van der Waals surface area contributed by atoms with E-state index < -0.39 is 191 Å². The third-order valence-corrected chi connectivity index (χ3v) is 21.5. The molecule has 0 rings (SSSR count). The second-order valence-corrected chi connectivity index (χ2v) is 39.0. The van der Waals surface area contributed by atoms with Crippen molar-refractivity contribution in [2.75, 3.05) is 39.3 Å². The minimum Gasteiger partial charge on any atom is -0.475 e. The second kappa shape index (κ2) is 69.8. The minimum absolute atomic E-state index is 0.00128. The lowest BCUT2D eigenvalue weighted by Crippen LogP contribution is -2.61. The van der Waals surface area contributed by atoms with E-state index in [9.17, 15) is 85.1 Å². The third kappa shape index (κ3) is 57.2. The topological polar surface area (TPSA) is 670 Å². The van der Waals surface area contributed by atoms with Gasteiger partial charge in [0, 0.05) is 0 Å². The van der Waals surface area contributed by atoms with E-state index in [2.05, 4.69) is 74.4 Å². The molecule has 0 aromatic rings. The first kappa shape index (κ1) is 127. The minimum atomic E-state index is -5.08. The molecule has 0 bridgehead atoms. The summed E-state index contributed by atoms with van der Waals surface area (Å²) >= 11 is 0. The SMILES string of the molecule is CC(C)C[C@H](NC(=O)[C@H](CC(C)C)NC(=O)[C@H](CCCCN)NC(=O)[C@H](CC(C)C)NC(=O)[C@H](CC(C)C)NC(=O)[C@H](CCCCN)NC(=O)[C@H](CCCCN)NC(=O)[C@H](CC(C)C)NC(=O)[C@H](CC(C)C)NC(=O)[C@H](CCCCN)NC(=O)[C@H](CCCCN)NC(=O)[C@H](CC(C)C)NC(=O)[C@H](CC(C)C)NC(=O)[C@H](CCCCN)NC(=O)[C@@H](N)CC(C)C)C(N)=O.O=C(O)C(F)(F)F. The molecular formula is C92H175F3N22O17. The van der Waals surface area contributed by atoms with Gasteiger partial charge in [0.05, 0.1) is 6.04 Å². The van der Waals surface area contributed by atoms with Gasteiger partial charge in [0.15, 0.2) is 0 Å². The van der Waals surface area contributed by atoms with Crippen LogP contribution >= 0.6 is 0 Å². The Morgan fingerprint density at radius 2 is 0.336 bits per heavy atom. The van der Waals surface area contributed by atoms with Crippen molar-refractivity contribution < 1.29 is 95.0 Å². The molecule has 0 aliphatic carbocycles. The highest BCUT2D eigenvalue weighted by atomic mass is 19.4. The van der Waals surface area contributed by atoms with Crippen LogP contribution in [0.5, 0.6) is 0 Å². The number of rotatable bonds is 71. The van der Waals surface area contributed by atoms with Crippen molar-refractivity contribution in [2.24, 2.45) is 99.1 Å². The molecule has 0 aliphatic rings. The molecule has 39 nitrogen and oxygen atoms in total. The van der Waals surface area contributed by atoms with Gasteiger partial charge >= 0.3 is 12.1 Å². The van der Waals surface area contributed by atoms with E-state index in [0.29, 0.717) is 90.0 Å². The van der Waals surface area contributed by atoms with Crippen molar-refractivity contribution in [3.05, 3.63) is 0 Å². The number of carboxylic acid groups (broad SMARTS) is 1. The van der Waals surface area contributed by atoms with E-state index in [1.807, 2.05) is 125 Å². The molecule has 15 atom stereocenters. The Morgan fingerprint density at radius 3 is 0.463 bits per heavy atom. The first-order chi connectivity index (χ1) is 62.6. The monoisotopic (exact) mass is 1920 g/mol. The van der Waals surface area contributed by atoms with Crippen LogP contribution in [0.4, 0.5) is 13.2 Å². The standard InChI is InChI=1S/C90H174N22O15.C2HF3O2/c1-52(2)43-61(97)77(114)99-62(31-19-25-37-91)80(117)107-73(49-58(13)14)88(125)110-69(45-54(5)6)84(121)102-63(32-20-26-38-92)78(115)100-65(34-22-28-40-94)81(118)108-74(50-59(15)16)89(126)111-70(46-55(7)8)85(122)103-64(33-21-27-39-93)79(116)101-66(35-23-29-41-95)82(119)109-75(51-60(17)18)90(127)112-71(47-56(9)10)86(123)104-67(36-24-30-42-96)83(120)106-72(48-57(11)12)87(124)105-68(76(98)113)44-53(3)4;3-2(4,5)1(6)7/h52-75H,19-51,91-97H2,1-18H3,(H2,98,113)(H,99,114)(H,100,115)(H,101,116)(H,102,121)(H,103,122)(H,104,123)(H,105,124)(H,106,120)(H,107,117)(H,108,118)(H,109,119)(H,110,125)(H,111,126)(H,112,127);(H,6,7)/t61-,62-,63-,64-,65-,66-,67-,68-,69-,70-,71-,72-,73-,74-,75-;/m0./s1. The Hall–Kier alpha value is -8.97. The Labute approximate surface area is 793 Å². The smallest absolute Gasteiger partial charge is 0.475 e. The lowest BCUT2D eigenvalue weighted by molar-refractivity contribution is -0.192. The van der Waals surface area contributed by atoms with Crippen molar-refractivity contribution in [1.82, 2.24) is 74.4 Å². The summed E-state index contributed by atoms with van der Waals surface area (Å²) in [6, 6.07) is -18.0. The molecule has 134 heavy (non-hydrogen) atoms. The van der Waals surface area contributed by atoms with E-state index in [1.165, 1.54) is 0 Å². The summed E-state index contributed by atoms with van der Waals surface area (Å²) in [6.07, 6.45) is 1.79. The van der Waals surface area contributed by atoms with Gasteiger partial charge in [-0.25, -0.2) is 4.79 Å². The number of aliphatic carboxylic acids is 1. The van der Waals surface area contributed by atoms with Gasteiger partial charge in [-0.1, -0.05) is 125 Å². The Morgan fingerprint density at radius 1 is 0.216 bits per heavy atom. The number of hydrogen-bond donors (Lipinski definition) is 23. The molecule has 0 aromatic heterocycles. The molecule has 0 fully saturated rings. The number of nitrogens with one attached hydrogen (secondary N) is 14. The number of hydrogen-bond acceptors (Lipinski definition) is 23. The molecule has 0 unspecified atom stereocenters. The normalized spacial score (nSPS) is 15.1. The van der Waals surface area contributed by atoms with Crippen molar-refractivity contribution >= 4 is 94.6 Å². The predicted octanol–water partition coefficient (Wildman–Crippen LogP) is 2.41. The number of nitrogens with two attached hydrogens (primary N) is 8. The fraction of sp³-hybridized carbons (Fsp3) is 0.826. The van der Waals surface area contributed by atoms with E-state index in [0.717, 1.165) is 0 Å². The molecule has 31 N–H and O–H groups in total. The summed E-state index contributed by atoms with van der Waals surface area (Å²) in [5, 5.41) is 46.6. The molecule has 776 valence electrons. The van der Waals surface area contributed by atoms with Crippen LogP contribution in [0.15, 0.2) is 0 Å². The molecule has 0 radical (unpaired) electrons. The predicted molar refractivity (Wildman–Crippen MR) is 510 cm³/mol. The van der Waals surface area contributed by atoms with Crippen LogP contribution in [0.1, 0.15) is 298 Å². The maximum absolute atomic E-state index is 14.9. The van der Waals surface area contributed by atoms with Crippen LogP contribution < -0.4 is 120 Å². The molecule has 0 saturated carbocycles. The summed E-state index contributed by atoms with van der Waals surface area (Å²) < 4.78 is 31.7. The average molecular weight is 1920 g/mol. The van der Waals surface area contributed by atoms with Crippen LogP contribution in [0.2, 0.25) is 0 Å². The van der Waals surface area contributed by atoms with E-state index in [1.54, 1.807) is 0 Å². The largest absolute Gasteiger partial charge is 0.490 e. The summed E-state index contributed by atoms with van der Waals surface area (Å²) in [7, 11) is 0. The van der Waals surface area contributed by atoms with Crippen molar-refractivity contribution in [2.45, 2.75) is 395 Å². The van der Waals surface area contributed by atoms with Gasteiger partial charge < -0.3 is 125 Å². The first-order valence-electron chi connectivity index (χ1n) is 48.4. The summed E-state index contributed by atoms with van der Waals surface area (Å²) in [4.78, 5) is 225. The summed E-state index contributed by atoms with van der Waals surface area (Å²) in [5.41, 5.74) is 47.3. The van der Waals surface area contributed by atoms with Crippen LogP contribution in [0, 0.1) is 53.3 Å². The van der Waals surface area contributed by atoms with Gasteiger partial charge in [-0.05, 0) is 266 Å². The average Bonchev–Trinajstić information content (AvgIpc) is 0.854. The molecule has 0 aromatic carbocycles.